The minimum atomic E-state index is -0.484. The van der Waals surface area contributed by atoms with Gasteiger partial charge in [-0.3, -0.25) is 29.8 Å². The largest absolute Gasteiger partial charge is 0.488 e. The van der Waals surface area contributed by atoms with Crippen LogP contribution in [0.4, 0.5) is 44.6 Å². The Hall–Kier alpha value is -14.3. The van der Waals surface area contributed by atoms with Crippen LogP contribution in [0.2, 0.25) is 0 Å². The number of hydrogen-bond donors (Lipinski definition) is 5. The van der Waals surface area contributed by atoms with Crippen LogP contribution in [0.15, 0.2) is 182 Å². The number of aromatic amines is 1. The second-order valence-electron chi connectivity index (χ2n) is 35.5. The second kappa shape index (κ2) is 44.5. The Morgan fingerprint density at radius 3 is 1.10 bits per heavy atom. The molecular weight excluding hydrogens is 1740 g/mol. The van der Waals surface area contributed by atoms with E-state index in [2.05, 4.69) is 176 Å². The van der Waals surface area contributed by atoms with Gasteiger partial charge in [-0.1, -0.05) is 6.07 Å². The van der Waals surface area contributed by atoms with Gasteiger partial charge >= 0.3 is 0 Å². The molecule has 4 aliphatic heterocycles. The molecule has 137 heavy (non-hydrogen) atoms. The Morgan fingerprint density at radius 1 is 0.394 bits per heavy atom. The molecule has 5 aromatic carbocycles. The number of aryl methyl sites for hydroxylation is 2. The SMILES string of the molecule is Cc1ccc(C(=O)NC2CCC(Oc3cc(N4CCOCC4)cc4nccnc34)CC2)c(F)c1.Cc1nnc(-c2ccc(NC3CCC(Oc4cc(N5CCOCC5)cc5nccnc45)CC3)nc2)o1.N#Cc1cnc(NC2CCC(Oc3cc(N4CCOCC4)cc4nccnc34)CC2)cn1.c1cc(-c2ccc(NC3CCC(Oc4cc(N5CCOCC5)cc5nccnc45)CC3)nc2)[nH]n1. The molecule has 8 fully saturated rings. The first kappa shape index (κ1) is 91.8. The van der Waals surface area contributed by atoms with Crippen molar-refractivity contribution in [3.8, 4) is 51.8 Å². The molecule has 36 heteroatoms. The number of nitrogens with zero attached hydrogens (tertiary/aromatic N) is 20. The summed E-state index contributed by atoms with van der Waals surface area (Å²) in [7, 11) is 0. The number of ether oxygens (including phenoxy) is 8. The van der Waals surface area contributed by atoms with E-state index in [0.29, 0.717) is 54.6 Å². The normalized spacial score (nSPS) is 20.7. The summed E-state index contributed by atoms with van der Waals surface area (Å²) in [5.41, 5.74) is 15.0. The van der Waals surface area contributed by atoms with Gasteiger partial charge in [-0.15, -0.1) is 10.2 Å². The van der Waals surface area contributed by atoms with Crippen LogP contribution < -0.4 is 59.8 Å². The predicted molar refractivity (Wildman–Crippen MR) is 517 cm³/mol. The molecule has 0 unspecified atom stereocenters. The van der Waals surface area contributed by atoms with Crippen LogP contribution >= 0.6 is 0 Å². The molecule has 35 nitrogen and oxygen atoms in total. The highest BCUT2D eigenvalue weighted by Gasteiger charge is 2.32. The van der Waals surface area contributed by atoms with Crippen molar-refractivity contribution in [2.24, 2.45) is 0 Å². The molecule has 14 aromatic rings. The van der Waals surface area contributed by atoms with Crippen molar-refractivity contribution < 1.29 is 51.5 Å². The van der Waals surface area contributed by atoms with E-state index in [0.717, 1.165) is 319 Å². The van der Waals surface area contributed by atoms with E-state index in [1.165, 1.54) is 12.3 Å². The van der Waals surface area contributed by atoms with E-state index < -0.39 is 5.82 Å². The summed E-state index contributed by atoms with van der Waals surface area (Å²) in [5, 5.41) is 37.3. The molecular formula is C101H112FN25O10. The molecule has 4 aliphatic carbocycles. The molecule has 4 saturated carbocycles. The Labute approximate surface area is 792 Å². The molecule has 0 atom stereocenters. The molecule has 9 aromatic heterocycles. The van der Waals surface area contributed by atoms with Gasteiger partial charge in [0, 0.05) is 204 Å². The third-order valence-corrected chi connectivity index (χ3v) is 26.1. The number of amides is 1. The Balaban J connectivity index is 0.000000117. The first-order chi connectivity index (χ1) is 67.4. The average Bonchev–Trinajstić information content (AvgIpc) is 1.18. The monoisotopic (exact) mass is 1850 g/mol. The van der Waals surface area contributed by atoms with Crippen LogP contribution in [-0.4, -0.2) is 240 Å². The lowest BCUT2D eigenvalue weighted by Gasteiger charge is -2.31. The first-order valence-corrected chi connectivity index (χ1v) is 47.7. The highest BCUT2D eigenvalue weighted by Crippen LogP contribution is 2.40. The van der Waals surface area contributed by atoms with Gasteiger partial charge < -0.3 is 83.2 Å². The summed E-state index contributed by atoms with van der Waals surface area (Å²) in [5.74, 6) is 5.80. The van der Waals surface area contributed by atoms with Gasteiger partial charge in [0.2, 0.25) is 11.8 Å². The maximum atomic E-state index is 14.2. The standard InChI is InChI=1S/C26H29FN4O3.C26H29N7O3.C26H29N7O2.C23H25N7O2/c1-17-2-7-21(22(27)14-17)26(32)30-18-3-5-20(6-4-18)34-24-16-19(31-10-12-33-13-11-31)15-23-25(24)29-9-8-28-23;1-17-31-32-26(35-17)18-2-7-24(29-16-18)30-19-3-5-21(6-4-19)36-23-15-20(33-10-12-34-13-11-33)14-22-25(23)28-9-8-27-22;1-6-25(29-17-18(1)22-7-8-30-32-22)31-19-2-4-21(5-3-19)35-24-16-20(33-11-13-34-14-12-33)15-23-26(24)28-10-9-27-23;24-13-17-14-28-22(15-27-17)29-16-1-3-19(4-2-16)32-21-12-18(30-7-9-31-10-8-30)11-20-23(21)26-6-5-25-20/h2,7-9,14-16,18,20H,3-6,10-13H2,1H3,(H,30,32);2,7-9,14-16,19,21H,3-6,10-13H2,1H3,(H,29,30);1,6-10,15-17,19,21H,2-5,11-14H2,(H,29,31)(H,30,32);5-6,11-12,14-16,19H,1-4,7-10H2,(H,28,29). The van der Waals surface area contributed by atoms with E-state index >= 15 is 0 Å². The predicted octanol–water partition coefficient (Wildman–Crippen LogP) is 15.0. The van der Waals surface area contributed by atoms with Crippen molar-refractivity contribution in [3.63, 3.8) is 0 Å². The van der Waals surface area contributed by atoms with Crippen molar-refractivity contribution in [1.29, 1.82) is 5.26 Å². The number of aromatic nitrogens is 16. The number of pyridine rings is 2. The van der Waals surface area contributed by atoms with E-state index in [9.17, 15) is 9.18 Å². The number of rotatable bonds is 22. The number of hydrogen-bond acceptors (Lipinski definition) is 33. The van der Waals surface area contributed by atoms with Crippen LogP contribution in [0.25, 0.3) is 66.8 Å². The van der Waals surface area contributed by atoms with Crippen molar-refractivity contribution in [2.45, 2.75) is 165 Å². The Morgan fingerprint density at radius 2 is 0.766 bits per heavy atom. The van der Waals surface area contributed by atoms with Gasteiger partial charge in [0.1, 0.15) is 74.4 Å². The summed E-state index contributed by atoms with van der Waals surface area (Å²) < 4.78 is 67.6. The number of halogens is 1. The summed E-state index contributed by atoms with van der Waals surface area (Å²) in [4.78, 5) is 75.5. The summed E-state index contributed by atoms with van der Waals surface area (Å²) in [6.07, 6.45) is 37.6. The minimum Gasteiger partial charge on any atom is -0.488 e. The quantitative estimate of drug-likeness (QED) is 0.0421. The van der Waals surface area contributed by atoms with Crippen LogP contribution in [-0.2, 0) is 18.9 Å². The van der Waals surface area contributed by atoms with Gasteiger partial charge in [0.15, 0.2) is 5.69 Å². The first-order valence-electron chi connectivity index (χ1n) is 47.7. The topological polar surface area (TPSA) is 398 Å². The smallest absolute Gasteiger partial charge is 0.254 e. The fourth-order valence-corrected chi connectivity index (χ4v) is 18.7. The lowest BCUT2D eigenvalue weighted by Crippen LogP contribution is -2.40. The highest BCUT2D eigenvalue weighted by atomic mass is 19.1. The molecule has 708 valence electrons. The number of fused-ring (bicyclic) bond motifs is 4. The number of nitriles is 1. The molecule has 1 amide bonds. The number of carbonyl (C=O) groups excluding carboxylic acids is 1. The molecule has 8 aliphatic rings. The Bertz CT molecular complexity index is 6370. The molecule has 22 rings (SSSR count). The lowest BCUT2D eigenvalue weighted by molar-refractivity contribution is 0.0890. The van der Waals surface area contributed by atoms with Gasteiger partial charge in [-0.05, 0) is 182 Å². The summed E-state index contributed by atoms with van der Waals surface area (Å²) in [6, 6.07) is 34.4. The third-order valence-electron chi connectivity index (χ3n) is 26.1. The zero-order valence-electron chi connectivity index (χ0n) is 76.9. The highest BCUT2D eigenvalue weighted by molar-refractivity contribution is 5.95. The lowest BCUT2D eigenvalue weighted by atomic mass is 9.92. The maximum Gasteiger partial charge on any atom is 0.254 e. The van der Waals surface area contributed by atoms with E-state index in [-0.39, 0.29) is 41.9 Å². The van der Waals surface area contributed by atoms with Crippen molar-refractivity contribution in [3.05, 3.63) is 206 Å². The number of anilines is 7. The van der Waals surface area contributed by atoms with Crippen LogP contribution in [0.1, 0.15) is 130 Å². The van der Waals surface area contributed by atoms with Gasteiger partial charge in [0.25, 0.3) is 5.91 Å². The van der Waals surface area contributed by atoms with Crippen molar-refractivity contribution in [2.75, 3.05) is 141 Å². The maximum absolute atomic E-state index is 14.2. The zero-order chi connectivity index (χ0) is 93.0. The fourth-order valence-electron chi connectivity index (χ4n) is 18.7. The van der Waals surface area contributed by atoms with Gasteiger partial charge in [-0.2, -0.15) is 10.4 Å². The molecule has 4 saturated heterocycles. The number of morpholine rings is 4. The van der Waals surface area contributed by atoms with Crippen molar-refractivity contribution in [1.82, 2.24) is 85.5 Å². The summed E-state index contributed by atoms with van der Waals surface area (Å²) in [6.45, 7) is 16.3. The number of benzene rings is 5. The van der Waals surface area contributed by atoms with Gasteiger partial charge in [0.05, 0.1) is 129 Å². The van der Waals surface area contributed by atoms with E-state index in [1.807, 2.05) is 36.5 Å². The molecule has 13 heterocycles. The zero-order valence-corrected chi connectivity index (χ0v) is 76.9. The summed E-state index contributed by atoms with van der Waals surface area (Å²) >= 11 is 0. The van der Waals surface area contributed by atoms with Crippen molar-refractivity contribution >= 4 is 90.2 Å². The molecule has 0 bridgehead atoms. The number of nitrogens with one attached hydrogen (secondary N) is 5. The van der Waals surface area contributed by atoms with Crippen LogP contribution in [0, 0.1) is 31.0 Å². The molecule has 0 spiro atoms. The minimum absolute atomic E-state index is 0.00396. The average molecular weight is 1860 g/mol. The molecule has 5 N–H and O–H groups in total. The fraction of sp³-hybridized carbons (Fsp3) is 0.416. The Kier molecular flexibility index (Phi) is 29.8. The van der Waals surface area contributed by atoms with Crippen LogP contribution in [0.3, 0.4) is 0 Å². The third kappa shape index (κ3) is 23.8. The second-order valence-corrected chi connectivity index (χ2v) is 35.5. The van der Waals surface area contributed by atoms with Gasteiger partial charge in [-0.25, -0.2) is 44.3 Å². The van der Waals surface area contributed by atoms with Crippen LogP contribution in [0.5, 0.6) is 23.0 Å². The van der Waals surface area contributed by atoms with E-state index in [1.54, 1.807) is 94.1 Å². The number of carbonyl (C=O) groups is 1. The number of H-pyrrole nitrogens is 1. The molecule has 0 radical (unpaired) electrons. The van der Waals surface area contributed by atoms with E-state index in [4.69, 9.17) is 47.6 Å².